The van der Waals surface area contributed by atoms with Crippen LogP contribution >= 0.6 is 0 Å². The van der Waals surface area contributed by atoms with Gasteiger partial charge in [-0.1, -0.05) is 128 Å². The Morgan fingerprint density at radius 3 is 1.73 bits per heavy atom. The van der Waals surface area contributed by atoms with Crippen LogP contribution in [0.2, 0.25) is 0 Å². The van der Waals surface area contributed by atoms with Gasteiger partial charge in [-0.05, 0) is 96.9 Å². The molecule has 7 aromatic carbocycles. The molecule has 9 aromatic rings. The van der Waals surface area contributed by atoms with Gasteiger partial charge in [0.1, 0.15) is 5.82 Å². The molecule has 0 N–H and O–H groups in total. The van der Waals surface area contributed by atoms with E-state index in [-0.39, 0.29) is 0 Å². The molecule has 0 spiro atoms. The minimum atomic E-state index is 0.853. The minimum absolute atomic E-state index is 0.853. The second-order valence-electron chi connectivity index (χ2n) is 12.5. The monoisotopic (exact) mass is 627 g/mol. The number of fused-ring (bicyclic) bond motifs is 3. The topological polar surface area (TPSA) is 30.7 Å². The predicted octanol–water partition coefficient (Wildman–Crippen LogP) is 12.0. The Labute approximate surface area is 285 Å². The van der Waals surface area contributed by atoms with Crippen LogP contribution in [0, 0.1) is 0 Å². The number of benzene rings is 7. The molecule has 0 fully saturated rings. The number of aromatic nitrogens is 3. The third-order valence-electron chi connectivity index (χ3n) is 9.67. The summed E-state index contributed by atoms with van der Waals surface area (Å²) < 4.78 is 2.32. The number of rotatable bonds is 6. The van der Waals surface area contributed by atoms with Crippen molar-refractivity contribution in [2.75, 3.05) is 0 Å². The van der Waals surface area contributed by atoms with Gasteiger partial charge < -0.3 is 0 Å². The molecule has 232 valence electrons. The molecule has 3 nitrogen and oxygen atoms in total. The number of imidazole rings is 1. The van der Waals surface area contributed by atoms with E-state index in [0.717, 1.165) is 34.5 Å². The Morgan fingerprint density at radius 2 is 1.04 bits per heavy atom. The third kappa shape index (κ3) is 4.90. The molecule has 0 amide bonds. The van der Waals surface area contributed by atoms with Crippen molar-refractivity contribution in [2.45, 2.75) is 13.3 Å². The molecule has 2 heterocycles. The summed E-state index contributed by atoms with van der Waals surface area (Å²) in [7, 11) is 0. The molecule has 0 saturated heterocycles. The summed E-state index contributed by atoms with van der Waals surface area (Å²) in [5.41, 5.74) is 12.9. The molecular weight excluding hydrogens is 595 g/mol. The second kappa shape index (κ2) is 12.0. The van der Waals surface area contributed by atoms with Gasteiger partial charge in [-0.3, -0.25) is 9.55 Å². The fraction of sp³-hybridized carbons (Fsp3) is 0.0435. The van der Waals surface area contributed by atoms with Crippen LogP contribution in [0.1, 0.15) is 12.7 Å². The number of para-hydroxylation sites is 3. The lowest BCUT2D eigenvalue weighted by molar-refractivity contribution is 0.909. The number of pyridine rings is 1. The Bertz CT molecular complexity index is 2580. The highest BCUT2D eigenvalue weighted by molar-refractivity contribution is 6.21. The van der Waals surface area contributed by atoms with Crippen molar-refractivity contribution in [3.8, 4) is 50.2 Å². The lowest BCUT2D eigenvalue weighted by Gasteiger charge is -2.19. The zero-order valence-electron chi connectivity index (χ0n) is 27.2. The summed E-state index contributed by atoms with van der Waals surface area (Å²) in [5.74, 6) is 1.06. The fourth-order valence-electron chi connectivity index (χ4n) is 7.46. The number of nitrogens with zero attached hydrogens (tertiary/aromatic N) is 3. The SMILES string of the molecule is CCc1nc2ccccc2n1-c1ccccc1-c1ccc(-c2c3ccccc3c(-c3cccc(-c4ccncc4)c3)c3ccccc23)cc1. The quantitative estimate of drug-likeness (QED) is 0.172. The Balaban J connectivity index is 1.20. The third-order valence-corrected chi connectivity index (χ3v) is 9.67. The van der Waals surface area contributed by atoms with Gasteiger partial charge in [-0.2, -0.15) is 0 Å². The van der Waals surface area contributed by atoms with Crippen molar-refractivity contribution in [3.63, 3.8) is 0 Å². The molecule has 0 bridgehead atoms. The first-order valence-electron chi connectivity index (χ1n) is 16.9. The maximum absolute atomic E-state index is 4.96. The summed E-state index contributed by atoms with van der Waals surface area (Å²) >= 11 is 0. The average molecular weight is 628 g/mol. The molecular formula is C46H33N3. The highest BCUT2D eigenvalue weighted by atomic mass is 15.1. The first-order valence-corrected chi connectivity index (χ1v) is 16.9. The lowest BCUT2D eigenvalue weighted by Crippen LogP contribution is -2.02. The van der Waals surface area contributed by atoms with Crippen LogP contribution < -0.4 is 0 Å². The van der Waals surface area contributed by atoms with Gasteiger partial charge >= 0.3 is 0 Å². The van der Waals surface area contributed by atoms with Crippen LogP contribution in [0.5, 0.6) is 0 Å². The molecule has 0 atom stereocenters. The smallest absolute Gasteiger partial charge is 0.114 e. The summed E-state index contributed by atoms with van der Waals surface area (Å²) in [6.07, 6.45) is 4.56. The minimum Gasteiger partial charge on any atom is -0.296 e. The largest absolute Gasteiger partial charge is 0.296 e. The second-order valence-corrected chi connectivity index (χ2v) is 12.5. The summed E-state index contributed by atoms with van der Waals surface area (Å²) in [4.78, 5) is 9.19. The molecule has 9 rings (SSSR count). The van der Waals surface area contributed by atoms with Gasteiger partial charge in [0.15, 0.2) is 0 Å². The van der Waals surface area contributed by atoms with Crippen LogP contribution in [-0.2, 0) is 6.42 Å². The number of hydrogen-bond donors (Lipinski definition) is 0. The fourth-order valence-corrected chi connectivity index (χ4v) is 7.46. The molecule has 49 heavy (non-hydrogen) atoms. The molecule has 2 aromatic heterocycles. The van der Waals surface area contributed by atoms with E-state index in [1.165, 1.54) is 60.5 Å². The van der Waals surface area contributed by atoms with Crippen LogP contribution in [-0.4, -0.2) is 14.5 Å². The zero-order valence-corrected chi connectivity index (χ0v) is 27.2. The van der Waals surface area contributed by atoms with Crippen LogP contribution in [0.4, 0.5) is 0 Å². The Kier molecular flexibility index (Phi) is 7.09. The summed E-state index contributed by atoms with van der Waals surface area (Å²) in [5, 5.41) is 4.99. The van der Waals surface area contributed by atoms with E-state index >= 15 is 0 Å². The van der Waals surface area contributed by atoms with Crippen molar-refractivity contribution >= 4 is 32.6 Å². The van der Waals surface area contributed by atoms with Crippen molar-refractivity contribution in [2.24, 2.45) is 0 Å². The molecule has 0 unspecified atom stereocenters. The van der Waals surface area contributed by atoms with Gasteiger partial charge in [-0.25, -0.2) is 4.98 Å². The zero-order chi connectivity index (χ0) is 32.7. The van der Waals surface area contributed by atoms with Crippen LogP contribution in [0.15, 0.2) is 170 Å². The molecule has 0 saturated carbocycles. The Morgan fingerprint density at radius 1 is 0.469 bits per heavy atom. The standard InChI is InChI=1S/C46H33N3/c1-2-44-48-41-19-8-10-21-43(41)49(44)42-20-9-7-14-36(42)32-22-24-33(25-23-32)45-37-15-3-5-17-39(37)46(40-18-6-4-16-38(40)45)35-13-11-12-34(30-35)31-26-28-47-29-27-31/h3-30H,2H2,1H3. The molecule has 0 aliphatic carbocycles. The number of hydrogen-bond acceptors (Lipinski definition) is 2. The predicted molar refractivity (Wildman–Crippen MR) is 205 cm³/mol. The Hall–Kier alpha value is -6.32. The molecule has 0 aliphatic rings. The van der Waals surface area contributed by atoms with Crippen LogP contribution in [0.25, 0.3) is 82.8 Å². The van der Waals surface area contributed by atoms with Crippen molar-refractivity contribution < 1.29 is 0 Å². The summed E-state index contributed by atoms with van der Waals surface area (Å²) in [6.45, 7) is 2.17. The van der Waals surface area contributed by atoms with Crippen molar-refractivity contribution in [3.05, 3.63) is 176 Å². The van der Waals surface area contributed by atoms with Gasteiger partial charge in [-0.15, -0.1) is 0 Å². The van der Waals surface area contributed by atoms with E-state index in [2.05, 4.69) is 174 Å². The van der Waals surface area contributed by atoms with Crippen LogP contribution in [0.3, 0.4) is 0 Å². The van der Waals surface area contributed by atoms with E-state index in [1.807, 2.05) is 12.4 Å². The van der Waals surface area contributed by atoms with Gasteiger partial charge in [0.2, 0.25) is 0 Å². The molecule has 3 heteroatoms. The van der Waals surface area contributed by atoms with Gasteiger partial charge in [0.05, 0.1) is 16.7 Å². The summed E-state index contributed by atoms with van der Waals surface area (Å²) in [6, 6.07) is 56.9. The highest BCUT2D eigenvalue weighted by Crippen LogP contribution is 2.44. The maximum Gasteiger partial charge on any atom is 0.114 e. The van der Waals surface area contributed by atoms with Crippen molar-refractivity contribution in [1.82, 2.24) is 14.5 Å². The van der Waals surface area contributed by atoms with Crippen molar-refractivity contribution in [1.29, 1.82) is 0 Å². The van der Waals surface area contributed by atoms with E-state index in [1.54, 1.807) is 0 Å². The highest BCUT2D eigenvalue weighted by Gasteiger charge is 2.18. The normalized spacial score (nSPS) is 11.4. The van der Waals surface area contributed by atoms with E-state index in [0.29, 0.717) is 0 Å². The van der Waals surface area contributed by atoms with E-state index < -0.39 is 0 Å². The lowest BCUT2D eigenvalue weighted by atomic mass is 9.85. The first-order chi connectivity index (χ1) is 24.3. The molecule has 0 radical (unpaired) electrons. The average Bonchev–Trinajstić information content (AvgIpc) is 3.56. The number of aryl methyl sites for hydroxylation is 1. The maximum atomic E-state index is 4.96. The molecule has 0 aliphatic heterocycles. The van der Waals surface area contributed by atoms with E-state index in [9.17, 15) is 0 Å². The van der Waals surface area contributed by atoms with Gasteiger partial charge in [0, 0.05) is 24.4 Å². The first kappa shape index (κ1) is 28.9. The van der Waals surface area contributed by atoms with E-state index in [4.69, 9.17) is 4.98 Å². The van der Waals surface area contributed by atoms with Gasteiger partial charge in [0.25, 0.3) is 0 Å².